The molecule has 0 aliphatic rings. The minimum atomic E-state index is -0.662. The van der Waals surface area contributed by atoms with Gasteiger partial charge in [0.15, 0.2) is 0 Å². The van der Waals surface area contributed by atoms with Crippen molar-refractivity contribution in [3.05, 3.63) is 0 Å². The molecule has 0 heterocycles. The van der Waals surface area contributed by atoms with E-state index in [-0.39, 0.29) is 18.5 Å². The monoisotopic (exact) mass is 1190 g/mol. The number of carbonyl (C=O) groups is 2. The van der Waals surface area contributed by atoms with E-state index >= 15 is 0 Å². The average molecular weight is 1190 g/mol. The maximum Gasteiger partial charge on any atom is 0.305 e. The molecule has 0 fully saturated rings. The summed E-state index contributed by atoms with van der Waals surface area (Å²) >= 11 is 0. The van der Waals surface area contributed by atoms with Gasteiger partial charge in [0.1, 0.15) is 0 Å². The van der Waals surface area contributed by atoms with Gasteiger partial charge in [-0.25, -0.2) is 0 Å². The van der Waals surface area contributed by atoms with Crippen molar-refractivity contribution in [1.29, 1.82) is 0 Å². The Morgan fingerprint density at radius 3 is 0.726 bits per heavy atom. The van der Waals surface area contributed by atoms with E-state index < -0.39 is 12.1 Å². The van der Waals surface area contributed by atoms with Gasteiger partial charge < -0.3 is 20.3 Å². The van der Waals surface area contributed by atoms with Crippen molar-refractivity contribution in [3.8, 4) is 0 Å². The highest BCUT2D eigenvalue weighted by atomic mass is 16.5. The number of unbranched alkanes of at least 4 members (excludes halogenated alkanes) is 64. The standard InChI is InChI=1S/C78H155NO5/c1-3-5-7-9-11-13-15-17-19-21-23-32-35-38-42-46-50-54-58-62-66-70-76(81)75(74-80)79-77(82)71-67-63-59-55-51-47-43-39-36-33-30-28-26-24-25-27-29-31-34-37-41-45-49-53-57-61-65-69-73-84-78(83)72-68-64-60-56-52-48-44-40-22-20-18-16-14-12-10-8-6-4-2/h75-76,80-81H,3-74H2,1-2H3,(H,79,82). The maximum atomic E-state index is 12.6. The lowest BCUT2D eigenvalue weighted by molar-refractivity contribution is -0.143. The van der Waals surface area contributed by atoms with E-state index in [2.05, 4.69) is 19.2 Å². The summed E-state index contributed by atoms with van der Waals surface area (Å²) in [5.74, 6) is -0.000849. The van der Waals surface area contributed by atoms with Crippen LogP contribution in [0, 0.1) is 0 Å². The number of rotatable bonds is 75. The Labute approximate surface area is 527 Å². The molecule has 84 heavy (non-hydrogen) atoms. The first-order valence-electron chi connectivity index (χ1n) is 39.3. The van der Waals surface area contributed by atoms with E-state index in [1.54, 1.807) is 0 Å². The molecular formula is C78H155NO5. The fourth-order valence-corrected chi connectivity index (χ4v) is 12.9. The van der Waals surface area contributed by atoms with E-state index in [0.29, 0.717) is 25.9 Å². The summed E-state index contributed by atoms with van der Waals surface area (Å²) in [5.41, 5.74) is 0. The lowest BCUT2D eigenvalue weighted by Gasteiger charge is -2.22. The molecule has 0 rings (SSSR count). The quantitative estimate of drug-likeness (QED) is 0.0417. The van der Waals surface area contributed by atoms with E-state index in [1.807, 2.05) is 0 Å². The van der Waals surface area contributed by atoms with E-state index in [1.165, 1.54) is 392 Å². The molecule has 2 atom stereocenters. The highest BCUT2D eigenvalue weighted by Crippen LogP contribution is 2.21. The second-order valence-electron chi connectivity index (χ2n) is 27.4. The summed E-state index contributed by atoms with van der Waals surface area (Å²) < 4.78 is 5.52. The van der Waals surface area contributed by atoms with Crippen LogP contribution >= 0.6 is 0 Å². The van der Waals surface area contributed by atoms with Gasteiger partial charge in [0.2, 0.25) is 5.91 Å². The van der Waals surface area contributed by atoms with Crippen molar-refractivity contribution in [1.82, 2.24) is 5.32 Å². The van der Waals surface area contributed by atoms with E-state index in [0.717, 1.165) is 38.5 Å². The first-order valence-corrected chi connectivity index (χ1v) is 39.3. The first-order chi connectivity index (χ1) is 41.5. The summed E-state index contributed by atoms with van der Waals surface area (Å²) in [5, 5.41) is 23.5. The maximum absolute atomic E-state index is 12.6. The van der Waals surface area contributed by atoms with Gasteiger partial charge in [-0.1, -0.05) is 425 Å². The molecular weight excluding hydrogens is 1030 g/mol. The largest absolute Gasteiger partial charge is 0.466 e. The third-order valence-electron chi connectivity index (χ3n) is 18.9. The lowest BCUT2D eigenvalue weighted by Crippen LogP contribution is -2.45. The Kier molecular flexibility index (Phi) is 73.3. The van der Waals surface area contributed by atoms with Crippen LogP contribution in [0.15, 0.2) is 0 Å². The molecule has 502 valence electrons. The fraction of sp³-hybridized carbons (Fsp3) is 0.974. The molecule has 6 nitrogen and oxygen atoms in total. The third kappa shape index (κ3) is 70.0. The molecule has 0 aromatic carbocycles. The minimum Gasteiger partial charge on any atom is -0.466 e. The Morgan fingerprint density at radius 2 is 0.488 bits per heavy atom. The number of aliphatic hydroxyl groups is 2. The molecule has 0 radical (unpaired) electrons. The van der Waals surface area contributed by atoms with Crippen LogP contribution in [0.3, 0.4) is 0 Å². The van der Waals surface area contributed by atoms with Crippen LogP contribution < -0.4 is 5.32 Å². The average Bonchev–Trinajstić information content (AvgIpc) is 3.51. The molecule has 6 heteroatoms. The van der Waals surface area contributed by atoms with E-state index in [4.69, 9.17) is 4.74 Å². The third-order valence-corrected chi connectivity index (χ3v) is 18.9. The van der Waals surface area contributed by atoms with Gasteiger partial charge in [0, 0.05) is 12.8 Å². The molecule has 3 N–H and O–H groups in total. The number of carbonyl (C=O) groups excluding carboxylic acids is 2. The van der Waals surface area contributed by atoms with Crippen molar-refractivity contribution in [2.24, 2.45) is 0 Å². The smallest absolute Gasteiger partial charge is 0.305 e. The molecule has 0 aliphatic heterocycles. The predicted molar refractivity (Wildman–Crippen MR) is 371 cm³/mol. The van der Waals surface area contributed by atoms with Gasteiger partial charge in [-0.05, 0) is 25.7 Å². The molecule has 2 unspecified atom stereocenters. The number of aliphatic hydroxyl groups excluding tert-OH is 2. The van der Waals surface area contributed by atoms with Crippen LogP contribution in [-0.4, -0.2) is 47.4 Å². The van der Waals surface area contributed by atoms with Crippen LogP contribution in [0.5, 0.6) is 0 Å². The topological polar surface area (TPSA) is 95.9 Å². The van der Waals surface area contributed by atoms with Gasteiger partial charge in [-0.3, -0.25) is 9.59 Å². The Morgan fingerprint density at radius 1 is 0.286 bits per heavy atom. The molecule has 0 bridgehead atoms. The van der Waals surface area contributed by atoms with Crippen molar-refractivity contribution in [2.75, 3.05) is 13.2 Å². The van der Waals surface area contributed by atoms with Crippen LogP contribution in [0.1, 0.15) is 463 Å². The number of hydrogen-bond donors (Lipinski definition) is 3. The summed E-state index contributed by atoms with van der Waals surface area (Å²) in [4.78, 5) is 24.7. The zero-order valence-corrected chi connectivity index (χ0v) is 57.7. The molecule has 0 aliphatic carbocycles. The molecule has 0 saturated carbocycles. The number of nitrogens with one attached hydrogen (secondary N) is 1. The van der Waals surface area contributed by atoms with Crippen LogP contribution in [0.25, 0.3) is 0 Å². The van der Waals surface area contributed by atoms with Gasteiger partial charge in [0.25, 0.3) is 0 Å². The highest BCUT2D eigenvalue weighted by molar-refractivity contribution is 5.76. The predicted octanol–water partition coefficient (Wildman–Crippen LogP) is 25.7. The number of esters is 1. The zero-order valence-electron chi connectivity index (χ0n) is 57.7. The second kappa shape index (κ2) is 74.3. The SMILES string of the molecule is CCCCCCCCCCCCCCCCCCCCCCCC(O)C(CO)NC(=O)CCCCCCCCCCCCCCCCCCCCCCCCCCCCCCOC(=O)CCCCCCCCCCCCCCCCCCCC. The summed E-state index contributed by atoms with van der Waals surface area (Å²) in [7, 11) is 0. The molecule has 0 aromatic heterocycles. The fourth-order valence-electron chi connectivity index (χ4n) is 12.9. The normalized spacial score (nSPS) is 12.4. The van der Waals surface area contributed by atoms with Gasteiger partial charge in [-0.15, -0.1) is 0 Å². The van der Waals surface area contributed by atoms with Gasteiger partial charge in [0.05, 0.1) is 25.4 Å². The van der Waals surface area contributed by atoms with Crippen LogP contribution in [0.2, 0.25) is 0 Å². The summed E-state index contributed by atoms with van der Waals surface area (Å²) in [6.07, 6.45) is 91.9. The van der Waals surface area contributed by atoms with Gasteiger partial charge >= 0.3 is 5.97 Å². The van der Waals surface area contributed by atoms with Crippen molar-refractivity contribution < 1.29 is 24.5 Å². The van der Waals surface area contributed by atoms with Crippen LogP contribution in [0.4, 0.5) is 0 Å². The number of hydrogen-bond acceptors (Lipinski definition) is 5. The van der Waals surface area contributed by atoms with E-state index in [9.17, 15) is 19.8 Å². The first kappa shape index (κ1) is 82.9. The minimum absolute atomic E-state index is 0.0249. The highest BCUT2D eigenvalue weighted by Gasteiger charge is 2.20. The van der Waals surface area contributed by atoms with Crippen molar-refractivity contribution in [3.63, 3.8) is 0 Å². The lowest BCUT2D eigenvalue weighted by atomic mass is 10.0. The summed E-state index contributed by atoms with van der Waals surface area (Å²) in [6.45, 7) is 5.02. The number of ether oxygens (including phenoxy) is 1. The summed E-state index contributed by atoms with van der Waals surface area (Å²) in [6, 6.07) is -0.539. The Balaban J connectivity index is 3.32. The Bertz CT molecular complexity index is 1230. The van der Waals surface area contributed by atoms with Crippen molar-refractivity contribution in [2.45, 2.75) is 475 Å². The van der Waals surface area contributed by atoms with Crippen molar-refractivity contribution >= 4 is 11.9 Å². The number of amides is 1. The van der Waals surface area contributed by atoms with Gasteiger partial charge in [-0.2, -0.15) is 0 Å². The Hall–Kier alpha value is -1.14. The molecule has 1 amide bonds. The zero-order chi connectivity index (χ0) is 60.6. The molecule has 0 aromatic rings. The second-order valence-corrected chi connectivity index (χ2v) is 27.4. The molecule has 0 saturated heterocycles. The van der Waals surface area contributed by atoms with Crippen LogP contribution in [-0.2, 0) is 14.3 Å². The molecule has 0 spiro atoms.